The van der Waals surface area contributed by atoms with Crippen molar-refractivity contribution in [1.29, 1.82) is 0 Å². The number of methoxy groups -OCH3 is 1. The molecule has 0 saturated heterocycles. The van der Waals surface area contributed by atoms with Crippen LogP contribution in [-0.2, 0) is 29.1 Å². The van der Waals surface area contributed by atoms with Gasteiger partial charge in [0.1, 0.15) is 11.6 Å². The van der Waals surface area contributed by atoms with Gasteiger partial charge < -0.3 is 9.47 Å². The predicted molar refractivity (Wildman–Crippen MR) is 78.0 cm³/mol. The molecule has 0 fully saturated rings. The van der Waals surface area contributed by atoms with Crippen LogP contribution in [0.2, 0.25) is 0 Å². The van der Waals surface area contributed by atoms with Crippen LogP contribution in [0.25, 0.3) is 0 Å². The van der Waals surface area contributed by atoms with Crippen molar-refractivity contribution in [2.24, 2.45) is 5.92 Å². The Kier molecular flexibility index (Phi) is 7.32. The summed E-state index contributed by atoms with van der Waals surface area (Å²) < 4.78 is 35.7. The minimum atomic E-state index is -3.78. The first-order valence-electron chi connectivity index (χ1n) is 6.67. The molecule has 0 saturated carbocycles. The summed E-state index contributed by atoms with van der Waals surface area (Å²) in [7, 11) is -2.60. The average Bonchev–Trinajstić information content (AvgIpc) is 2.30. The first kappa shape index (κ1) is 19.9. The molecule has 0 rings (SSSR count). The maximum Gasteiger partial charge on any atom is 0.324 e. The molecule has 8 heteroatoms. The lowest BCUT2D eigenvalue weighted by molar-refractivity contribution is -0.158. The van der Waals surface area contributed by atoms with E-state index < -0.39 is 39.4 Å². The SMILES string of the molecule is COC(=O)CCS(=O)(=O)N[C@@H](C(=O)OC(C)(C)C)C(C)C. The Morgan fingerprint density at radius 1 is 1.19 bits per heavy atom. The summed E-state index contributed by atoms with van der Waals surface area (Å²) in [5.41, 5.74) is -0.707. The quantitative estimate of drug-likeness (QED) is 0.697. The van der Waals surface area contributed by atoms with E-state index in [4.69, 9.17) is 4.74 Å². The summed E-state index contributed by atoms with van der Waals surface area (Å²) in [5.74, 6) is -1.99. The van der Waals surface area contributed by atoms with Crippen molar-refractivity contribution >= 4 is 22.0 Å². The maximum absolute atomic E-state index is 12.0. The van der Waals surface area contributed by atoms with E-state index in [0.717, 1.165) is 0 Å². The van der Waals surface area contributed by atoms with Gasteiger partial charge in [0.15, 0.2) is 0 Å². The van der Waals surface area contributed by atoms with Gasteiger partial charge in [-0.1, -0.05) is 13.8 Å². The molecular formula is C13H25NO6S. The van der Waals surface area contributed by atoms with Gasteiger partial charge in [-0.3, -0.25) is 9.59 Å². The van der Waals surface area contributed by atoms with Gasteiger partial charge in [-0.25, -0.2) is 13.1 Å². The van der Waals surface area contributed by atoms with Gasteiger partial charge >= 0.3 is 11.9 Å². The van der Waals surface area contributed by atoms with Gasteiger partial charge in [0, 0.05) is 0 Å². The number of rotatable bonds is 7. The average molecular weight is 323 g/mol. The van der Waals surface area contributed by atoms with Crippen LogP contribution >= 0.6 is 0 Å². The fourth-order valence-corrected chi connectivity index (χ4v) is 2.70. The molecule has 0 aromatic carbocycles. The van der Waals surface area contributed by atoms with Crippen molar-refractivity contribution in [2.75, 3.05) is 12.9 Å². The molecule has 0 bridgehead atoms. The molecule has 124 valence electrons. The van der Waals surface area contributed by atoms with Crippen LogP contribution in [-0.4, -0.2) is 44.9 Å². The van der Waals surface area contributed by atoms with Gasteiger partial charge in [0.2, 0.25) is 10.0 Å². The first-order chi connectivity index (χ1) is 9.38. The largest absolute Gasteiger partial charge is 0.469 e. The highest BCUT2D eigenvalue weighted by Crippen LogP contribution is 2.13. The van der Waals surface area contributed by atoms with Crippen LogP contribution in [0.3, 0.4) is 0 Å². The second-order valence-electron chi connectivity index (χ2n) is 6.02. The summed E-state index contributed by atoms with van der Waals surface area (Å²) in [6.45, 7) is 8.52. The van der Waals surface area contributed by atoms with Crippen LogP contribution in [0.1, 0.15) is 41.0 Å². The van der Waals surface area contributed by atoms with Crippen LogP contribution in [0.15, 0.2) is 0 Å². The summed E-state index contributed by atoms with van der Waals surface area (Å²) >= 11 is 0. The van der Waals surface area contributed by atoms with Gasteiger partial charge in [0.05, 0.1) is 19.3 Å². The Bertz CT molecular complexity index is 464. The van der Waals surface area contributed by atoms with E-state index in [-0.39, 0.29) is 12.3 Å². The summed E-state index contributed by atoms with van der Waals surface area (Å²) in [6, 6.07) is -0.994. The van der Waals surface area contributed by atoms with E-state index in [1.54, 1.807) is 34.6 Å². The number of esters is 2. The molecule has 0 aromatic rings. The molecule has 1 atom stereocenters. The Labute approximate surface area is 126 Å². The molecule has 0 spiro atoms. The van der Waals surface area contributed by atoms with Crippen LogP contribution < -0.4 is 4.72 Å². The van der Waals surface area contributed by atoms with Crippen molar-refractivity contribution in [2.45, 2.75) is 52.7 Å². The monoisotopic (exact) mass is 323 g/mol. The topological polar surface area (TPSA) is 98.8 Å². The van der Waals surface area contributed by atoms with Crippen molar-refractivity contribution in [3.8, 4) is 0 Å². The molecule has 1 N–H and O–H groups in total. The lowest BCUT2D eigenvalue weighted by Crippen LogP contribution is -2.48. The molecule has 0 heterocycles. The van der Waals surface area contributed by atoms with Crippen molar-refractivity contribution in [3.05, 3.63) is 0 Å². The number of ether oxygens (including phenoxy) is 2. The van der Waals surface area contributed by atoms with E-state index in [1.807, 2.05) is 0 Å². The normalized spacial score (nSPS) is 13.9. The fourth-order valence-electron chi connectivity index (χ4n) is 1.39. The minimum Gasteiger partial charge on any atom is -0.469 e. The smallest absolute Gasteiger partial charge is 0.324 e. The Morgan fingerprint density at radius 2 is 1.71 bits per heavy atom. The number of carbonyl (C=O) groups excluding carboxylic acids is 2. The Balaban J connectivity index is 4.85. The number of carbonyl (C=O) groups is 2. The van der Waals surface area contributed by atoms with E-state index in [9.17, 15) is 18.0 Å². The lowest BCUT2D eigenvalue weighted by atomic mass is 10.1. The first-order valence-corrected chi connectivity index (χ1v) is 8.33. The molecule has 0 radical (unpaired) electrons. The number of hydrogen-bond acceptors (Lipinski definition) is 6. The third-order valence-electron chi connectivity index (χ3n) is 2.44. The minimum absolute atomic E-state index is 0.273. The fraction of sp³-hybridized carbons (Fsp3) is 0.846. The van der Waals surface area contributed by atoms with Crippen molar-refractivity contribution < 1.29 is 27.5 Å². The summed E-state index contributed by atoms with van der Waals surface area (Å²) in [5, 5.41) is 0. The number of sulfonamides is 1. The molecular weight excluding hydrogens is 298 g/mol. The zero-order valence-corrected chi connectivity index (χ0v) is 14.2. The van der Waals surface area contributed by atoms with Crippen molar-refractivity contribution in [3.63, 3.8) is 0 Å². The van der Waals surface area contributed by atoms with Gasteiger partial charge in [-0.05, 0) is 26.7 Å². The lowest BCUT2D eigenvalue weighted by Gasteiger charge is -2.26. The van der Waals surface area contributed by atoms with Gasteiger partial charge in [-0.2, -0.15) is 0 Å². The highest BCUT2D eigenvalue weighted by atomic mass is 32.2. The zero-order chi connectivity index (χ0) is 16.8. The molecule has 0 amide bonds. The third kappa shape index (κ3) is 8.67. The standard InChI is InChI=1S/C13H25NO6S/c1-9(2)11(12(16)20-13(3,4)5)14-21(17,18)8-7-10(15)19-6/h9,11,14H,7-8H2,1-6H3/t11-/m1/s1. The molecule has 7 nitrogen and oxygen atoms in total. The second-order valence-corrected chi connectivity index (χ2v) is 7.89. The van der Waals surface area contributed by atoms with E-state index in [1.165, 1.54) is 7.11 Å². The van der Waals surface area contributed by atoms with Crippen LogP contribution in [0.4, 0.5) is 0 Å². The maximum atomic E-state index is 12.0. The highest BCUT2D eigenvalue weighted by Gasteiger charge is 2.31. The molecule has 0 unspecified atom stereocenters. The molecule has 0 aromatic heterocycles. The van der Waals surface area contributed by atoms with Crippen LogP contribution in [0.5, 0.6) is 0 Å². The Morgan fingerprint density at radius 3 is 2.10 bits per heavy atom. The van der Waals surface area contributed by atoms with E-state index >= 15 is 0 Å². The van der Waals surface area contributed by atoms with Gasteiger partial charge in [0.25, 0.3) is 0 Å². The predicted octanol–water partition coefficient (Wildman–Crippen LogP) is 0.835. The zero-order valence-electron chi connectivity index (χ0n) is 13.4. The summed E-state index contributed by atoms with van der Waals surface area (Å²) in [6.07, 6.45) is -0.273. The van der Waals surface area contributed by atoms with E-state index in [0.29, 0.717) is 0 Å². The second kappa shape index (κ2) is 7.74. The molecule has 0 aliphatic rings. The Hall–Kier alpha value is -1.15. The summed E-state index contributed by atoms with van der Waals surface area (Å²) in [4.78, 5) is 23.0. The molecule has 21 heavy (non-hydrogen) atoms. The van der Waals surface area contributed by atoms with Crippen LogP contribution in [0, 0.1) is 5.92 Å². The van der Waals surface area contributed by atoms with Gasteiger partial charge in [-0.15, -0.1) is 0 Å². The van der Waals surface area contributed by atoms with E-state index in [2.05, 4.69) is 9.46 Å². The number of nitrogens with one attached hydrogen (secondary N) is 1. The highest BCUT2D eigenvalue weighted by molar-refractivity contribution is 7.89. The number of hydrogen-bond donors (Lipinski definition) is 1. The third-order valence-corrected chi connectivity index (χ3v) is 3.79. The molecule has 0 aliphatic heterocycles. The van der Waals surface area contributed by atoms with Crippen molar-refractivity contribution in [1.82, 2.24) is 4.72 Å². The molecule has 0 aliphatic carbocycles.